The van der Waals surface area contributed by atoms with Gasteiger partial charge in [0.15, 0.2) is 0 Å². The molecule has 2 aromatic carbocycles. The second-order valence-electron chi connectivity index (χ2n) is 6.31. The summed E-state index contributed by atoms with van der Waals surface area (Å²) in [6, 6.07) is 14.2. The predicted molar refractivity (Wildman–Crippen MR) is 101 cm³/mol. The molecule has 0 atom stereocenters. The van der Waals surface area contributed by atoms with Crippen molar-refractivity contribution in [1.82, 2.24) is 0 Å². The fraction of sp³-hybridized carbons (Fsp3) is 0.318. The Kier molecular flexibility index (Phi) is 8.26. The summed E-state index contributed by atoms with van der Waals surface area (Å²) in [5, 5.41) is 0. The van der Waals surface area contributed by atoms with Crippen LogP contribution in [-0.4, -0.2) is 18.9 Å². The van der Waals surface area contributed by atoms with Gasteiger partial charge in [0.25, 0.3) is 0 Å². The van der Waals surface area contributed by atoms with E-state index in [1.54, 1.807) is 36.4 Å². The highest BCUT2D eigenvalue weighted by Crippen LogP contribution is 2.18. The SMILES string of the molecule is C=CCCc1ccc(OC(=O)c2ccc(CCCCOC(F)(F)F)cc2)cc1. The third-order valence-corrected chi connectivity index (χ3v) is 4.09. The normalized spacial score (nSPS) is 11.2. The van der Waals surface area contributed by atoms with Gasteiger partial charge in [0, 0.05) is 0 Å². The molecule has 0 spiro atoms. The standard InChI is InChI=1S/C22H23F3O3/c1-2-3-6-17-10-14-20(15-11-17)28-21(26)19-12-8-18(9-13-19)7-4-5-16-27-22(23,24)25/h2,8-15H,1,3-7,16H2. The van der Waals surface area contributed by atoms with Crippen LogP contribution < -0.4 is 4.74 Å². The number of hydrogen-bond acceptors (Lipinski definition) is 3. The monoisotopic (exact) mass is 392 g/mol. The van der Waals surface area contributed by atoms with Gasteiger partial charge in [0.1, 0.15) is 5.75 Å². The first-order valence-electron chi connectivity index (χ1n) is 9.09. The summed E-state index contributed by atoms with van der Waals surface area (Å²) in [4.78, 5) is 12.2. The minimum absolute atomic E-state index is 0.312. The number of benzene rings is 2. The minimum Gasteiger partial charge on any atom is -0.423 e. The van der Waals surface area contributed by atoms with E-state index >= 15 is 0 Å². The molecule has 0 bridgehead atoms. The van der Waals surface area contributed by atoms with Crippen molar-refractivity contribution in [3.8, 4) is 5.75 Å². The summed E-state index contributed by atoms with van der Waals surface area (Å²) in [6.07, 6.45) is 0.553. The maximum absolute atomic E-state index is 12.2. The first kappa shape index (κ1) is 21.7. The van der Waals surface area contributed by atoms with Crippen molar-refractivity contribution < 1.29 is 27.4 Å². The van der Waals surface area contributed by atoms with E-state index < -0.39 is 12.3 Å². The molecule has 0 aliphatic carbocycles. The maximum Gasteiger partial charge on any atom is 0.522 e. The summed E-state index contributed by atoms with van der Waals surface area (Å²) < 4.78 is 44.7. The molecule has 0 saturated heterocycles. The Morgan fingerprint density at radius 2 is 1.54 bits per heavy atom. The molecule has 150 valence electrons. The van der Waals surface area contributed by atoms with E-state index in [2.05, 4.69) is 11.3 Å². The highest BCUT2D eigenvalue weighted by atomic mass is 19.4. The number of rotatable bonds is 10. The highest BCUT2D eigenvalue weighted by Gasteiger charge is 2.28. The Balaban J connectivity index is 1.78. The van der Waals surface area contributed by atoms with Crippen LogP contribution in [0.2, 0.25) is 0 Å². The Labute approximate surface area is 162 Å². The van der Waals surface area contributed by atoms with Gasteiger partial charge in [-0.05, 0) is 67.5 Å². The van der Waals surface area contributed by atoms with Gasteiger partial charge in [-0.25, -0.2) is 4.79 Å². The second-order valence-corrected chi connectivity index (χ2v) is 6.31. The third kappa shape index (κ3) is 7.96. The molecule has 0 radical (unpaired) electrons. The number of halogens is 3. The van der Waals surface area contributed by atoms with E-state index in [1.807, 2.05) is 18.2 Å². The van der Waals surface area contributed by atoms with E-state index in [1.165, 1.54) is 0 Å². The fourth-order valence-corrected chi connectivity index (χ4v) is 2.59. The summed E-state index contributed by atoms with van der Waals surface area (Å²) in [5.74, 6) is 0.0186. The first-order valence-corrected chi connectivity index (χ1v) is 9.09. The number of alkyl halides is 3. The van der Waals surface area contributed by atoms with Crippen LogP contribution in [0.4, 0.5) is 13.2 Å². The summed E-state index contributed by atoms with van der Waals surface area (Å²) in [6.45, 7) is 3.34. The smallest absolute Gasteiger partial charge is 0.423 e. The lowest BCUT2D eigenvalue weighted by molar-refractivity contribution is -0.324. The number of carbonyl (C=O) groups is 1. The molecule has 0 heterocycles. The minimum atomic E-state index is -4.58. The van der Waals surface area contributed by atoms with Crippen molar-refractivity contribution in [2.45, 2.75) is 38.5 Å². The molecule has 0 N–H and O–H groups in total. The molecule has 0 amide bonds. The summed E-state index contributed by atoms with van der Waals surface area (Å²) >= 11 is 0. The lowest BCUT2D eigenvalue weighted by Gasteiger charge is -2.08. The van der Waals surface area contributed by atoms with Gasteiger partial charge in [-0.2, -0.15) is 0 Å². The number of ether oxygens (including phenoxy) is 2. The topological polar surface area (TPSA) is 35.5 Å². The fourth-order valence-electron chi connectivity index (χ4n) is 2.59. The average molecular weight is 392 g/mol. The van der Waals surface area contributed by atoms with Gasteiger partial charge >= 0.3 is 12.3 Å². The zero-order valence-corrected chi connectivity index (χ0v) is 15.5. The number of carbonyl (C=O) groups excluding carboxylic acids is 1. The molecule has 0 aliphatic heterocycles. The summed E-state index contributed by atoms with van der Waals surface area (Å²) in [7, 11) is 0. The van der Waals surface area contributed by atoms with Crippen LogP contribution in [0.3, 0.4) is 0 Å². The zero-order valence-electron chi connectivity index (χ0n) is 15.5. The van der Waals surface area contributed by atoms with E-state index in [4.69, 9.17) is 4.74 Å². The van der Waals surface area contributed by atoms with Gasteiger partial charge < -0.3 is 4.74 Å². The molecule has 0 fully saturated rings. The van der Waals surface area contributed by atoms with Crippen LogP contribution >= 0.6 is 0 Å². The van der Waals surface area contributed by atoms with Crippen LogP contribution in [-0.2, 0) is 17.6 Å². The number of esters is 1. The molecule has 0 unspecified atom stereocenters. The van der Waals surface area contributed by atoms with Gasteiger partial charge in [-0.3, -0.25) is 4.74 Å². The molecular formula is C22H23F3O3. The predicted octanol–water partition coefficient (Wildman–Crippen LogP) is 5.88. The van der Waals surface area contributed by atoms with Crippen molar-refractivity contribution >= 4 is 5.97 Å². The molecule has 0 saturated carbocycles. The summed E-state index contributed by atoms with van der Waals surface area (Å²) in [5.41, 5.74) is 2.50. The molecule has 0 aromatic heterocycles. The zero-order chi connectivity index (χ0) is 20.4. The Morgan fingerprint density at radius 1 is 0.929 bits per heavy atom. The number of unbranched alkanes of at least 4 members (excludes halogenated alkanes) is 1. The van der Waals surface area contributed by atoms with Crippen LogP contribution in [0, 0.1) is 0 Å². The van der Waals surface area contributed by atoms with Crippen molar-refractivity contribution in [1.29, 1.82) is 0 Å². The third-order valence-electron chi connectivity index (χ3n) is 4.09. The molecule has 3 nitrogen and oxygen atoms in total. The average Bonchev–Trinajstić information content (AvgIpc) is 2.67. The van der Waals surface area contributed by atoms with Crippen molar-refractivity contribution in [2.75, 3.05) is 6.61 Å². The van der Waals surface area contributed by atoms with E-state index in [9.17, 15) is 18.0 Å². The van der Waals surface area contributed by atoms with Crippen LogP contribution in [0.25, 0.3) is 0 Å². The van der Waals surface area contributed by atoms with Gasteiger partial charge in [-0.1, -0.05) is 30.3 Å². The molecule has 28 heavy (non-hydrogen) atoms. The van der Waals surface area contributed by atoms with Crippen LogP contribution in [0.1, 0.15) is 40.7 Å². The Morgan fingerprint density at radius 3 is 2.14 bits per heavy atom. The van der Waals surface area contributed by atoms with E-state index in [-0.39, 0.29) is 6.61 Å². The Bertz CT molecular complexity index is 750. The molecule has 6 heteroatoms. The maximum atomic E-state index is 12.2. The van der Waals surface area contributed by atoms with Crippen molar-refractivity contribution in [3.63, 3.8) is 0 Å². The number of hydrogen-bond donors (Lipinski definition) is 0. The first-order chi connectivity index (χ1) is 13.4. The van der Waals surface area contributed by atoms with Crippen molar-refractivity contribution in [3.05, 3.63) is 77.9 Å². The van der Waals surface area contributed by atoms with Gasteiger partial charge in [0.2, 0.25) is 0 Å². The van der Waals surface area contributed by atoms with Gasteiger partial charge in [0.05, 0.1) is 12.2 Å². The molecule has 2 aromatic rings. The quantitative estimate of drug-likeness (QED) is 0.219. The molecule has 0 aliphatic rings. The molecular weight excluding hydrogens is 369 g/mol. The molecule has 2 rings (SSSR count). The second kappa shape index (κ2) is 10.7. The van der Waals surface area contributed by atoms with E-state index in [0.717, 1.165) is 24.0 Å². The number of allylic oxidation sites excluding steroid dienone is 1. The number of aryl methyl sites for hydroxylation is 2. The Hall–Kier alpha value is -2.60. The highest BCUT2D eigenvalue weighted by molar-refractivity contribution is 5.91. The lowest BCUT2D eigenvalue weighted by atomic mass is 10.1. The van der Waals surface area contributed by atoms with Gasteiger partial charge in [-0.15, -0.1) is 19.8 Å². The largest absolute Gasteiger partial charge is 0.522 e. The van der Waals surface area contributed by atoms with Crippen molar-refractivity contribution in [2.24, 2.45) is 0 Å². The van der Waals surface area contributed by atoms with E-state index in [0.29, 0.717) is 30.6 Å². The lowest BCUT2D eigenvalue weighted by Crippen LogP contribution is -2.14. The van der Waals surface area contributed by atoms with Crippen LogP contribution in [0.15, 0.2) is 61.2 Å². The van der Waals surface area contributed by atoms with Crippen LogP contribution in [0.5, 0.6) is 5.75 Å².